The van der Waals surface area contributed by atoms with Gasteiger partial charge in [0.2, 0.25) is 0 Å². The van der Waals surface area contributed by atoms with Crippen LogP contribution in [0.15, 0.2) is 12.7 Å². The van der Waals surface area contributed by atoms with Crippen LogP contribution in [0.1, 0.15) is 0 Å². The second kappa shape index (κ2) is 5.03. The summed E-state index contributed by atoms with van der Waals surface area (Å²) >= 11 is 0. The molecule has 0 radical (unpaired) electrons. The second-order valence-electron chi connectivity index (χ2n) is 1.66. The standard InChI is InChI=1S/C5H8FO5P/c1-2-5(7)10-3-4-11-12(6,8)9/h2H,1,3-4H2,(H,8,9). The van der Waals surface area contributed by atoms with E-state index in [0.717, 1.165) is 6.08 Å². The maximum Gasteiger partial charge on any atom is 0.510 e. The number of hydrogen-bond donors (Lipinski definition) is 1. The molecule has 0 aliphatic heterocycles. The first-order valence-electron chi connectivity index (χ1n) is 2.92. The Morgan fingerprint density at radius 2 is 2.25 bits per heavy atom. The fourth-order valence-electron chi connectivity index (χ4n) is 0.351. The highest BCUT2D eigenvalue weighted by Gasteiger charge is 2.16. The van der Waals surface area contributed by atoms with E-state index in [0.29, 0.717) is 0 Å². The van der Waals surface area contributed by atoms with Gasteiger partial charge >= 0.3 is 13.9 Å². The van der Waals surface area contributed by atoms with E-state index in [1.807, 2.05) is 0 Å². The van der Waals surface area contributed by atoms with Gasteiger partial charge < -0.3 is 4.74 Å². The summed E-state index contributed by atoms with van der Waals surface area (Å²) < 4.78 is 29.6. The molecule has 0 spiro atoms. The minimum absolute atomic E-state index is 0.292. The molecular formula is C5H8FO5P. The van der Waals surface area contributed by atoms with E-state index in [2.05, 4.69) is 15.8 Å². The predicted molar refractivity (Wildman–Crippen MR) is 38.0 cm³/mol. The van der Waals surface area contributed by atoms with Crippen LogP contribution in [-0.4, -0.2) is 24.1 Å². The van der Waals surface area contributed by atoms with Crippen molar-refractivity contribution in [3.63, 3.8) is 0 Å². The SMILES string of the molecule is C=CC(=O)OCCOP(=O)(O)F. The van der Waals surface area contributed by atoms with Crippen LogP contribution in [0.2, 0.25) is 0 Å². The number of hydrogen-bond acceptors (Lipinski definition) is 4. The zero-order chi connectivity index (χ0) is 9.61. The molecule has 0 aliphatic carbocycles. The molecule has 70 valence electrons. The van der Waals surface area contributed by atoms with Gasteiger partial charge in [-0.3, -0.25) is 9.42 Å². The van der Waals surface area contributed by atoms with Crippen LogP contribution >= 0.6 is 7.91 Å². The normalized spacial score (nSPS) is 14.8. The molecule has 1 unspecified atom stereocenters. The Balaban J connectivity index is 3.40. The van der Waals surface area contributed by atoms with Crippen molar-refractivity contribution in [3.05, 3.63) is 12.7 Å². The van der Waals surface area contributed by atoms with Gasteiger partial charge in [0.15, 0.2) is 0 Å². The van der Waals surface area contributed by atoms with Crippen LogP contribution < -0.4 is 0 Å². The summed E-state index contributed by atoms with van der Waals surface area (Å²) in [6, 6.07) is 0. The number of esters is 1. The van der Waals surface area contributed by atoms with Crippen molar-refractivity contribution in [3.8, 4) is 0 Å². The molecule has 0 aliphatic rings. The van der Waals surface area contributed by atoms with Crippen molar-refractivity contribution in [1.82, 2.24) is 0 Å². The first kappa shape index (κ1) is 11.3. The molecule has 0 heterocycles. The van der Waals surface area contributed by atoms with Gasteiger partial charge in [-0.25, -0.2) is 9.36 Å². The lowest BCUT2D eigenvalue weighted by molar-refractivity contribution is -0.138. The van der Waals surface area contributed by atoms with Crippen molar-refractivity contribution in [1.29, 1.82) is 0 Å². The highest BCUT2D eigenvalue weighted by Crippen LogP contribution is 2.42. The number of carbonyl (C=O) groups is 1. The van der Waals surface area contributed by atoms with Gasteiger partial charge in [0.25, 0.3) is 0 Å². The highest BCUT2D eigenvalue weighted by molar-refractivity contribution is 7.46. The number of rotatable bonds is 5. The fraction of sp³-hybridized carbons (Fsp3) is 0.400. The molecular weight excluding hydrogens is 190 g/mol. The summed E-state index contributed by atoms with van der Waals surface area (Å²) in [5, 5.41) is 0. The summed E-state index contributed by atoms with van der Waals surface area (Å²) in [7, 11) is -4.95. The van der Waals surface area contributed by atoms with Gasteiger partial charge in [-0.1, -0.05) is 6.58 Å². The second-order valence-corrected chi connectivity index (χ2v) is 2.82. The van der Waals surface area contributed by atoms with E-state index in [-0.39, 0.29) is 6.61 Å². The van der Waals surface area contributed by atoms with Gasteiger partial charge in [0.1, 0.15) is 6.61 Å². The predicted octanol–water partition coefficient (Wildman–Crippen LogP) is 0.802. The Morgan fingerprint density at radius 1 is 1.67 bits per heavy atom. The van der Waals surface area contributed by atoms with E-state index in [1.165, 1.54) is 0 Å². The van der Waals surface area contributed by atoms with Crippen LogP contribution in [-0.2, 0) is 18.6 Å². The molecule has 7 heteroatoms. The number of carbonyl (C=O) groups excluding carboxylic acids is 1. The van der Waals surface area contributed by atoms with Gasteiger partial charge in [-0.05, 0) is 0 Å². The van der Waals surface area contributed by atoms with Gasteiger partial charge in [-0.2, -0.15) is 0 Å². The first-order valence-corrected chi connectivity index (χ1v) is 4.39. The van der Waals surface area contributed by atoms with E-state index < -0.39 is 20.5 Å². The van der Waals surface area contributed by atoms with Crippen molar-refractivity contribution in [2.24, 2.45) is 0 Å². The van der Waals surface area contributed by atoms with E-state index in [4.69, 9.17) is 4.89 Å². The third-order valence-corrected chi connectivity index (χ3v) is 1.25. The largest absolute Gasteiger partial charge is 0.510 e. The van der Waals surface area contributed by atoms with E-state index >= 15 is 0 Å². The van der Waals surface area contributed by atoms with Crippen LogP contribution in [0, 0.1) is 0 Å². The Hall–Kier alpha value is -0.710. The summed E-state index contributed by atoms with van der Waals surface area (Å²) in [6.07, 6.45) is 0.911. The quantitative estimate of drug-likeness (QED) is 0.306. The lowest BCUT2D eigenvalue weighted by Gasteiger charge is -2.02. The van der Waals surface area contributed by atoms with E-state index in [9.17, 15) is 13.6 Å². The molecule has 1 atom stereocenters. The highest BCUT2D eigenvalue weighted by atomic mass is 31.2. The van der Waals surface area contributed by atoms with Crippen molar-refractivity contribution in [2.45, 2.75) is 0 Å². The number of ether oxygens (including phenoxy) is 1. The monoisotopic (exact) mass is 198 g/mol. The molecule has 0 saturated carbocycles. The van der Waals surface area contributed by atoms with Crippen molar-refractivity contribution < 1.29 is 27.7 Å². The molecule has 5 nitrogen and oxygen atoms in total. The summed E-state index contributed by atoms with van der Waals surface area (Å²) in [4.78, 5) is 18.3. The maximum atomic E-state index is 11.7. The fourth-order valence-corrected chi connectivity index (χ4v) is 0.651. The molecule has 0 bridgehead atoms. The maximum absolute atomic E-state index is 11.7. The molecule has 0 fully saturated rings. The average molecular weight is 198 g/mol. The van der Waals surface area contributed by atoms with E-state index in [1.54, 1.807) is 0 Å². The molecule has 0 aromatic rings. The molecule has 0 aromatic carbocycles. The van der Waals surface area contributed by atoms with Gasteiger partial charge in [0, 0.05) is 6.08 Å². The molecule has 0 rings (SSSR count). The van der Waals surface area contributed by atoms with Crippen LogP contribution in [0.4, 0.5) is 4.20 Å². The third kappa shape index (κ3) is 7.40. The molecule has 1 N–H and O–H groups in total. The molecule has 12 heavy (non-hydrogen) atoms. The summed E-state index contributed by atoms with van der Waals surface area (Å²) in [5.41, 5.74) is 0. The minimum atomic E-state index is -4.95. The van der Waals surface area contributed by atoms with Gasteiger partial charge in [-0.15, -0.1) is 4.20 Å². The first-order chi connectivity index (χ1) is 5.45. The van der Waals surface area contributed by atoms with Gasteiger partial charge in [0.05, 0.1) is 6.61 Å². The lowest BCUT2D eigenvalue weighted by Crippen LogP contribution is -2.06. The Labute approximate surface area is 68.4 Å². The Bertz CT molecular complexity index is 210. The zero-order valence-corrected chi connectivity index (χ0v) is 7.00. The Kier molecular flexibility index (Phi) is 4.73. The van der Waals surface area contributed by atoms with Crippen molar-refractivity contribution >= 4 is 13.9 Å². The topological polar surface area (TPSA) is 72.8 Å². The van der Waals surface area contributed by atoms with Crippen LogP contribution in [0.5, 0.6) is 0 Å². The molecule has 0 aromatic heterocycles. The van der Waals surface area contributed by atoms with Crippen LogP contribution in [0.3, 0.4) is 0 Å². The molecule has 0 amide bonds. The summed E-state index contributed by atoms with van der Waals surface area (Å²) in [5.74, 6) is -0.703. The Morgan fingerprint density at radius 3 is 2.67 bits per heavy atom. The zero-order valence-electron chi connectivity index (χ0n) is 6.10. The summed E-state index contributed by atoms with van der Waals surface area (Å²) in [6.45, 7) is 2.33. The van der Waals surface area contributed by atoms with Crippen molar-refractivity contribution in [2.75, 3.05) is 13.2 Å². The van der Waals surface area contributed by atoms with Crippen LogP contribution in [0.25, 0.3) is 0 Å². The number of halogens is 1. The minimum Gasteiger partial charge on any atom is -0.460 e. The third-order valence-electron chi connectivity index (χ3n) is 0.745. The lowest BCUT2D eigenvalue weighted by atomic mass is 10.6. The molecule has 0 saturated heterocycles. The average Bonchev–Trinajstić information content (AvgIpc) is 1.96. The smallest absolute Gasteiger partial charge is 0.460 e.